The Morgan fingerprint density at radius 1 is 0.842 bits per heavy atom. The van der Waals surface area contributed by atoms with Gasteiger partial charge in [-0.15, -0.1) is 0 Å². The average Bonchev–Trinajstić information content (AvgIpc) is 2.36. The maximum absolute atomic E-state index is 5.98. The van der Waals surface area contributed by atoms with Crippen LogP contribution in [-0.2, 0) is 0 Å². The van der Waals surface area contributed by atoms with Gasteiger partial charge in [0.1, 0.15) is 4.49 Å². The highest BCUT2D eigenvalue weighted by molar-refractivity contribution is 6.59. The van der Waals surface area contributed by atoms with Gasteiger partial charge in [0.2, 0.25) is 0 Å². The molecule has 0 atom stereocenters. The van der Waals surface area contributed by atoms with Gasteiger partial charge in [-0.05, 0) is 35.4 Å². The Hall–Kier alpha value is -0.860. The lowest BCUT2D eigenvalue weighted by atomic mass is 9.99. The van der Waals surface area contributed by atoms with E-state index in [1.165, 1.54) is 0 Å². The van der Waals surface area contributed by atoms with E-state index >= 15 is 0 Å². The van der Waals surface area contributed by atoms with Gasteiger partial charge in [-0.25, -0.2) is 0 Å². The topological polar surface area (TPSA) is 26.0 Å². The zero-order chi connectivity index (χ0) is 14.0. The third kappa shape index (κ3) is 3.37. The summed E-state index contributed by atoms with van der Waals surface area (Å²) in [6.45, 7) is 0. The van der Waals surface area contributed by atoms with Crippen molar-refractivity contribution in [2.75, 3.05) is 5.73 Å². The molecule has 2 N–H and O–H groups in total. The summed E-state index contributed by atoms with van der Waals surface area (Å²) in [5, 5.41) is 1.13. The standard InChI is InChI=1S/C14H9Cl4N/c15-10-4-1-8(2-5-10)13(14(17)18)9-3-6-11(16)12(19)7-9/h1-7H,19H2. The Balaban J connectivity index is 2.56. The van der Waals surface area contributed by atoms with Crippen LogP contribution in [0.5, 0.6) is 0 Å². The van der Waals surface area contributed by atoms with Crippen molar-refractivity contribution >= 4 is 57.7 Å². The predicted molar refractivity (Wildman–Crippen MR) is 85.0 cm³/mol. The average molecular weight is 333 g/mol. The third-order valence-corrected chi connectivity index (χ3v) is 3.58. The summed E-state index contributed by atoms with van der Waals surface area (Å²) in [7, 11) is 0. The molecule has 0 aliphatic heterocycles. The number of anilines is 1. The molecule has 98 valence electrons. The second-order valence-electron chi connectivity index (χ2n) is 3.88. The van der Waals surface area contributed by atoms with Crippen LogP contribution in [0.15, 0.2) is 47.0 Å². The number of benzene rings is 2. The number of nitrogens with two attached hydrogens (primary N) is 1. The molecule has 1 nitrogen and oxygen atoms in total. The lowest BCUT2D eigenvalue weighted by Gasteiger charge is -2.10. The van der Waals surface area contributed by atoms with Gasteiger partial charge < -0.3 is 5.73 Å². The predicted octanol–water partition coefficient (Wildman–Crippen LogP) is 5.77. The maximum Gasteiger partial charge on any atom is 0.115 e. The highest BCUT2D eigenvalue weighted by atomic mass is 35.5. The molecule has 0 saturated heterocycles. The van der Waals surface area contributed by atoms with E-state index in [0.29, 0.717) is 21.3 Å². The molecule has 0 saturated carbocycles. The summed E-state index contributed by atoms with van der Waals surface area (Å²) in [5.41, 5.74) is 8.60. The number of hydrogen-bond acceptors (Lipinski definition) is 1. The second-order valence-corrected chi connectivity index (χ2v) is 5.67. The van der Waals surface area contributed by atoms with Gasteiger partial charge in [0, 0.05) is 10.6 Å². The molecule has 0 fully saturated rings. The van der Waals surface area contributed by atoms with Crippen molar-refractivity contribution in [3.63, 3.8) is 0 Å². The van der Waals surface area contributed by atoms with Gasteiger partial charge in [0.25, 0.3) is 0 Å². The van der Waals surface area contributed by atoms with Crippen molar-refractivity contribution < 1.29 is 0 Å². The zero-order valence-corrected chi connectivity index (χ0v) is 12.7. The Morgan fingerprint density at radius 3 is 1.95 bits per heavy atom. The van der Waals surface area contributed by atoms with Gasteiger partial charge in [-0.3, -0.25) is 0 Å². The molecule has 0 unspecified atom stereocenters. The summed E-state index contributed by atoms with van der Waals surface area (Å²) in [6, 6.07) is 12.5. The lowest BCUT2D eigenvalue weighted by molar-refractivity contribution is 1.55. The highest BCUT2D eigenvalue weighted by Crippen LogP contribution is 2.34. The quantitative estimate of drug-likeness (QED) is 0.694. The Bertz CT molecular complexity index is 628. The van der Waals surface area contributed by atoms with Crippen molar-refractivity contribution in [2.45, 2.75) is 0 Å². The number of rotatable bonds is 2. The van der Waals surface area contributed by atoms with E-state index in [-0.39, 0.29) is 4.49 Å². The van der Waals surface area contributed by atoms with Crippen LogP contribution in [0.25, 0.3) is 5.57 Å². The first-order chi connectivity index (χ1) is 8.99. The van der Waals surface area contributed by atoms with Crippen LogP contribution >= 0.6 is 46.4 Å². The first kappa shape index (κ1) is 14.5. The van der Waals surface area contributed by atoms with Crippen molar-refractivity contribution in [1.29, 1.82) is 0 Å². The van der Waals surface area contributed by atoms with Crippen LogP contribution < -0.4 is 5.73 Å². The molecule has 5 heteroatoms. The van der Waals surface area contributed by atoms with E-state index in [9.17, 15) is 0 Å². The molecule has 2 aromatic rings. The Morgan fingerprint density at radius 2 is 1.42 bits per heavy atom. The third-order valence-electron chi connectivity index (χ3n) is 2.61. The molecule has 0 aliphatic carbocycles. The monoisotopic (exact) mass is 331 g/mol. The summed E-state index contributed by atoms with van der Waals surface area (Å²) in [6.07, 6.45) is 0. The Labute approximate surface area is 131 Å². The fourth-order valence-electron chi connectivity index (χ4n) is 1.70. The van der Waals surface area contributed by atoms with Gasteiger partial charge in [0.05, 0.1) is 10.7 Å². The Kier molecular flexibility index (Phi) is 4.64. The van der Waals surface area contributed by atoms with Crippen molar-refractivity contribution in [3.05, 3.63) is 68.1 Å². The summed E-state index contributed by atoms with van der Waals surface area (Å²) >= 11 is 23.7. The second kappa shape index (κ2) is 6.06. The molecular formula is C14H9Cl4N. The van der Waals surface area contributed by atoms with Crippen molar-refractivity contribution in [3.8, 4) is 0 Å². The first-order valence-electron chi connectivity index (χ1n) is 5.35. The minimum absolute atomic E-state index is 0.157. The summed E-state index contributed by atoms with van der Waals surface area (Å²) in [5.74, 6) is 0. The van der Waals surface area contributed by atoms with E-state index in [1.807, 2.05) is 18.2 Å². The van der Waals surface area contributed by atoms with Crippen molar-refractivity contribution in [2.24, 2.45) is 0 Å². The molecule has 19 heavy (non-hydrogen) atoms. The smallest absolute Gasteiger partial charge is 0.115 e. The molecule has 0 aromatic heterocycles. The SMILES string of the molecule is Nc1cc(C(=C(Cl)Cl)c2ccc(Cl)cc2)ccc1Cl. The molecule has 2 aromatic carbocycles. The van der Waals surface area contributed by atoms with E-state index in [0.717, 1.165) is 11.1 Å². The molecule has 0 spiro atoms. The summed E-state index contributed by atoms with van der Waals surface area (Å²) < 4.78 is 0.157. The molecule has 0 aliphatic rings. The van der Waals surface area contributed by atoms with Crippen LogP contribution in [0.4, 0.5) is 5.69 Å². The lowest BCUT2D eigenvalue weighted by Crippen LogP contribution is -1.92. The number of hydrogen-bond donors (Lipinski definition) is 1. The highest BCUT2D eigenvalue weighted by Gasteiger charge is 2.11. The van der Waals surface area contributed by atoms with Gasteiger partial charge in [0.15, 0.2) is 0 Å². The first-order valence-corrected chi connectivity index (χ1v) is 6.87. The van der Waals surface area contributed by atoms with Gasteiger partial charge in [-0.1, -0.05) is 64.6 Å². The molecule has 0 radical (unpaired) electrons. The van der Waals surface area contributed by atoms with Crippen LogP contribution in [0.2, 0.25) is 10.0 Å². The van der Waals surface area contributed by atoms with Crippen LogP contribution in [0, 0.1) is 0 Å². The minimum Gasteiger partial charge on any atom is -0.398 e. The number of halogens is 4. The molecule has 2 rings (SSSR count). The van der Waals surface area contributed by atoms with Crippen LogP contribution in [0.1, 0.15) is 11.1 Å². The van der Waals surface area contributed by atoms with E-state index in [1.54, 1.807) is 24.3 Å². The molecule has 0 bridgehead atoms. The van der Waals surface area contributed by atoms with E-state index in [2.05, 4.69) is 0 Å². The van der Waals surface area contributed by atoms with Crippen molar-refractivity contribution in [1.82, 2.24) is 0 Å². The zero-order valence-electron chi connectivity index (χ0n) is 9.63. The van der Waals surface area contributed by atoms with E-state index < -0.39 is 0 Å². The van der Waals surface area contributed by atoms with Gasteiger partial charge >= 0.3 is 0 Å². The fraction of sp³-hybridized carbons (Fsp3) is 0. The maximum atomic E-state index is 5.98. The molecular weight excluding hydrogens is 324 g/mol. The van der Waals surface area contributed by atoms with Gasteiger partial charge in [-0.2, -0.15) is 0 Å². The minimum atomic E-state index is 0.157. The normalized spacial score (nSPS) is 10.3. The summed E-state index contributed by atoms with van der Waals surface area (Å²) in [4.78, 5) is 0. The fourth-order valence-corrected chi connectivity index (χ4v) is 2.38. The number of nitrogen functional groups attached to an aromatic ring is 1. The van der Waals surface area contributed by atoms with Crippen LogP contribution in [0.3, 0.4) is 0 Å². The molecule has 0 heterocycles. The largest absolute Gasteiger partial charge is 0.398 e. The van der Waals surface area contributed by atoms with Crippen LogP contribution in [-0.4, -0.2) is 0 Å². The molecule has 0 amide bonds. The van der Waals surface area contributed by atoms with E-state index in [4.69, 9.17) is 52.1 Å².